The topological polar surface area (TPSA) is 50.7 Å². The van der Waals surface area contributed by atoms with Gasteiger partial charge in [0.05, 0.1) is 24.8 Å². The predicted octanol–water partition coefficient (Wildman–Crippen LogP) is 6.60. The third-order valence-corrected chi connectivity index (χ3v) is 6.85. The number of benzene rings is 2. The lowest BCUT2D eigenvalue weighted by Crippen LogP contribution is -2.37. The van der Waals surface area contributed by atoms with Crippen LogP contribution in [0.15, 0.2) is 81.0 Å². The first-order valence-corrected chi connectivity index (χ1v) is 11.8. The number of nitrogens with one attached hydrogen (secondary N) is 1. The zero-order valence-corrected chi connectivity index (χ0v) is 20.5. The lowest BCUT2D eigenvalue weighted by molar-refractivity contribution is -0.138. The monoisotopic (exact) mass is 468 g/mol. The summed E-state index contributed by atoms with van der Waals surface area (Å²) in [6.45, 7) is 6.60. The lowest BCUT2D eigenvalue weighted by Gasteiger charge is -2.27. The fourth-order valence-electron chi connectivity index (χ4n) is 3.67. The zero-order chi connectivity index (χ0) is 23.1. The van der Waals surface area contributed by atoms with Crippen LogP contribution in [-0.2, 0) is 9.63 Å². The standard InChI is InChI=1S/C26H29ClN2O2S/c1-5-6-14-26(3,25(30)29-31-4)16-20-17-28-24(19-10-9-11-21(27)15-19)22-12-7-8-13-23(22)32-18(20)2/h6-15H,5,16-17H2,1-4H3,(H,29,30)/b14-6-,20-18-,28-24?. The molecule has 1 unspecified atom stereocenters. The molecule has 6 heteroatoms. The number of hydrogen-bond donors (Lipinski definition) is 1. The van der Waals surface area contributed by atoms with Gasteiger partial charge in [-0.1, -0.05) is 72.8 Å². The van der Waals surface area contributed by atoms with Crippen LogP contribution in [0.5, 0.6) is 0 Å². The number of thioether (sulfide) groups is 1. The van der Waals surface area contributed by atoms with E-state index in [1.54, 1.807) is 11.8 Å². The second-order valence-electron chi connectivity index (χ2n) is 7.97. The first kappa shape index (κ1) is 24.3. The summed E-state index contributed by atoms with van der Waals surface area (Å²) in [4.78, 5) is 25.1. The average Bonchev–Trinajstić information content (AvgIpc) is 2.77. The molecule has 0 spiro atoms. The Kier molecular flexibility index (Phi) is 8.35. The van der Waals surface area contributed by atoms with Crippen molar-refractivity contribution in [2.75, 3.05) is 13.7 Å². The van der Waals surface area contributed by atoms with Crippen molar-refractivity contribution in [1.29, 1.82) is 0 Å². The molecule has 168 valence electrons. The van der Waals surface area contributed by atoms with Crippen molar-refractivity contribution in [2.45, 2.75) is 38.5 Å². The van der Waals surface area contributed by atoms with E-state index in [-0.39, 0.29) is 5.91 Å². The van der Waals surface area contributed by atoms with E-state index in [1.165, 1.54) is 7.11 Å². The summed E-state index contributed by atoms with van der Waals surface area (Å²) in [5.74, 6) is -0.170. The molecule has 2 aromatic rings. The first-order chi connectivity index (χ1) is 15.4. The van der Waals surface area contributed by atoms with Crippen LogP contribution in [0.25, 0.3) is 0 Å². The molecular formula is C26H29ClN2O2S. The van der Waals surface area contributed by atoms with E-state index in [2.05, 4.69) is 31.5 Å². The van der Waals surface area contributed by atoms with Crippen LogP contribution < -0.4 is 5.48 Å². The minimum absolute atomic E-state index is 0.170. The van der Waals surface area contributed by atoms with E-state index in [0.717, 1.165) is 38.6 Å². The fourth-order valence-corrected chi connectivity index (χ4v) is 4.89. The molecule has 0 aliphatic carbocycles. The van der Waals surface area contributed by atoms with Crippen molar-refractivity contribution in [3.63, 3.8) is 0 Å². The molecule has 0 radical (unpaired) electrons. The molecule has 0 aromatic heterocycles. The number of carbonyl (C=O) groups excluding carboxylic acids is 1. The smallest absolute Gasteiger partial charge is 0.253 e. The van der Waals surface area contributed by atoms with Gasteiger partial charge in [-0.05, 0) is 55.4 Å². The number of hydroxylamine groups is 1. The third-order valence-electron chi connectivity index (χ3n) is 5.44. The molecule has 0 saturated heterocycles. The summed E-state index contributed by atoms with van der Waals surface area (Å²) in [7, 11) is 1.45. The predicted molar refractivity (Wildman–Crippen MR) is 134 cm³/mol. The highest BCUT2D eigenvalue weighted by atomic mass is 35.5. The Bertz CT molecular complexity index is 1080. The summed E-state index contributed by atoms with van der Waals surface area (Å²) >= 11 is 8.01. The van der Waals surface area contributed by atoms with E-state index in [9.17, 15) is 4.79 Å². The molecule has 1 heterocycles. The van der Waals surface area contributed by atoms with Gasteiger partial charge < -0.3 is 0 Å². The minimum atomic E-state index is -0.742. The Morgan fingerprint density at radius 1 is 1.28 bits per heavy atom. The second kappa shape index (κ2) is 11.0. The number of nitrogens with zero attached hydrogens (tertiary/aromatic N) is 1. The maximum Gasteiger partial charge on any atom is 0.253 e. The van der Waals surface area contributed by atoms with Crippen LogP contribution in [0.3, 0.4) is 0 Å². The fraction of sp³-hybridized carbons (Fsp3) is 0.308. The molecule has 0 fully saturated rings. The Labute approximate surface area is 199 Å². The number of carbonyl (C=O) groups is 1. The zero-order valence-electron chi connectivity index (χ0n) is 18.9. The molecule has 0 saturated carbocycles. The quantitative estimate of drug-likeness (QED) is 0.368. The molecular weight excluding hydrogens is 440 g/mol. The number of fused-ring (bicyclic) bond motifs is 1. The van der Waals surface area contributed by atoms with E-state index < -0.39 is 5.41 Å². The largest absolute Gasteiger partial charge is 0.280 e. The number of halogens is 1. The van der Waals surface area contributed by atoms with Gasteiger partial charge in [0.1, 0.15) is 0 Å². The van der Waals surface area contributed by atoms with E-state index in [4.69, 9.17) is 21.4 Å². The maximum atomic E-state index is 12.9. The minimum Gasteiger partial charge on any atom is -0.280 e. The summed E-state index contributed by atoms with van der Waals surface area (Å²) in [5, 5.41) is 0.679. The van der Waals surface area contributed by atoms with Crippen LogP contribution in [-0.4, -0.2) is 25.3 Å². The van der Waals surface area contributed by atoms with Crippen molar-refractivity contribution in [3.8, 4) is 0 Å². The van der Waals surface area contributed by atoms with E-state index >= 15 is 0 Å². The molecule has 1 N–H and O–H groups in total. The van der Waals surface area contributed by atoms with Crippen LogP contribution in [0, 0.1) is 5.41 Å². The number of aliphatic imine (C=N–C) groups is 1. The van der Waals surface area contributed by atoms with Gasteiger partial charge in [0.25, 0.3) is 5.91 Å². The summed E-state index contributed by atoms with van der Waals surface area (Å²) in [6.07, 6.45) is 5.40. The molecule has 1 atom stereocenters. The van der Waals surface area contributed by atoms with Gasteiger partial charge in [-0.2, -0.15) is 0 Å². The van der Waals surface area contributed by atoms with Crippen molar-refractivity contribution in [1.82, 2.24) is 5.48 Å². The van der Waals surface area contributed by atoms with Crippen LogP contribution in [0.1, 0.15) is 44.7 Å². The van der Waals surface area contributed by atoms with Gasteiger partial charge in [0.2, 0.25) is 0 Å². The van der Waals surface area contributed by atoms with Crippen molar-refractivity contribution in [3.05, 3.63) is 87.3 Å². The maximum absolute atomic E-state index is 12.9. The van der Waals surface area contributed by atoms with Crippen LogP contribution >= 0.6 is 23.4 Å². The van der Waals surface area contributed by atoms with Gasteiger partial charge in [-0.25, -0.2) is 5.48 Å². The van der Waals surface area contributed by atoms with Crippen molar-refractivity contribution >= 4 is 35.0 Å². The van der Waals surface area contributed by atoms with Gasteiger partial charge in [-0.3, -0.25) is 14.6 Å². The Morgan fingerprint density at radius 2 is 2.06 bits per heavy atom. The van der Waals surface area contributed by atoms with Crippen molar-refractivity contribution in [2.24, 2.45) is 10.4 Å². The van der Waals surface area contributed by atoms with E-state index in [1.807, 2.05) is 55.5 Å². The second-order valence-corrected chi connectivity index (χ2v) is 9.67. The number of amides is 1. The Morgan fingerprint density at radius 3 is 2.78 bits per heavy atom. The van der Waals surface area contributed by atoms with Gasteiger partial charge in [0.15, 0.2) is 0 Å². The SMILES string of the molecule is CC/C=C\C(C)(C/C1=C(\C)Sc2ccccc2C(c2cccc(Cl)c2)=NC1)C(=O)NOC. The van der Waals surface area contributed by atoms with Crippen LogP contribution in [0.2, 0.25) is 5.02 Å². The average molecular weight is 469 g/mol. The van der Waals surface area contributed by atoms with Gasteiger partial charge in [-0.15, -0.1) is 0 Å². The highest BCUT2D eigenvalue weighted by molar-refractivity contribution is 8.03. The molecule has 1 aliphatic heterocycles. The third kappa shape index (κ3) is 5.71. The van der Waals surface area contributed by atoms with Crippen molar-refractivity contribution < 1.29 is 9.63 Å². The summed E-state index contributed by atoms with van der Waals surface area (Å²) in [6, 6.07) is 16.1. The Hall–Kier alpha value is -2.34. The molecule has 1 amide bonds. The molecule has 2 aromatic carbocycles. The summed E-state index contributed by atoms with van der Waals surface area (Å²) < 4.78 is 0. The molecule has 0 bridgehead atoms. The van der Waals surface area contributed by atoms with E-state index in [0.29, 0.717) is 18.0 Å². The van der Waals surface area contributed by atoms with Gasteiger partial charge in [0, 0.05) is 21.0 Å². The first-order valence-electron chi connectivity index (χ1n) is 10.7. The Balaban J connectivity index is 2.06. The highest BCUT2D eigenvalue weighted by Crippen LogP contribution is 2.39. The molecule has 32 heavy (non-hydrogen) atoms. The molecule has 3 rings (SSSR count). The lowest BCUT2D eigenvalue weighted by atomic mass is 9.81. The van der Waals surface area contributed by atoms with Crippen LogP contribution in [0.4, 0.5) is 0 Å². The highest BCUT2D eigenvalue weighted by Gasteiger charge is 2.32. The molecule has 1 aliphatic rings. The summed E-state index contributed by atoms with van der Waals surface area (Å²) in [5.41, 5.74) is 5.87. The number of hydrogen-bond acceptors (Lipinski definition) is 4. The normalized spacial score (nSPS) is 18.3. The number of allylic oxidation sites excluding steroid dienone is 2. The van der Waals surface area contributed by atoms with Gasteiger partial charge >= 0.3 is 0 Å². The molecule has 4 nitrogen and oxygen atoms in total. The number of rotatable bonds is 7.